The Bertz CT molecular complexity index is 361. The Hall–Kier alpha value is -0.490. The van der Waals surface area contributed by atoms with Gasteiger partial charge < -0.3 is 10.1 Å². The molecule has 0 radical (unpaired) electrons. The number of thiazole rings is 1. The van der Waals surface area contributed by atoms with Crippen LogP contribution in [-0.2, 0) is 11.3 Å². The maximum absolute atomic E-state index is 5.76. The summed E-state index contributed by atoms with van der Waals surface area (Å²) < 4.78 is 5.76. The molecule has 1 aromatic heterocycles. The lowest BCUT2D eigenvalue weighted by molar-refractivity contribution is -0.0253. The van der Waals surface area contributed by atoms with Crippen LogP contribution in [0.4, 0.5) is 0 Å². The molecule has 1 aliphatic rings. The molecule has 2 heterocycles. The number of rotatable bonds is 5. The Morgan fingerprint density at radius 3 is 3.00 bits per heavy atom. The number of morpholine rings is 1. The van der Waals surface area contributed by atoms with Crippen LogP contribution in [0.1, 0.15) is 22.5 Å². The summed E-state index contributed by atoms with van der Waals surface area (Å²) in [5, 5.41) is 4.63. The normalized spacial score (nSPS) is 21.4. The molecule has 18 heavy (non-hydrogen) atoms. The van der Waals surface area contributed by atoms with E-state index in [0.717, 1.165) is 45.0 Å². The molecule has 1 N–H and O–H groups in total. The van der Waals surface area contributed by atoms with Crippen molar-refractivity contribution < 1.29 is 4.74 Å². The highest BCUT2D eigenvalue weighted by molar-refractivity contribution is 7.11. The number of aromatic nitrogens is 1. The predicted octanol–water partition coefficient (Wildman–Crippen LogP) is 1.57. The standard InChI is InChI=1S/C13H23N3OS/c1-4-16-5-6-17-12(9-16)7-14-8-13-15-10(2)11(3)18-13/h12,14H,4-9H2,1-3H3. The average molecular weight is 269 g/mol. The highest BCUT2D eigenvalue weighted by atomic mass is 32.1. The summed E-state index contributed by atoms with van der Waals surface area (Å²) in [7, 11) is 0. The summed E-state index contributed by atoms with van der Waals surface area (Å²) in [6.45, 7) is 12.2. The number of hydrogen-bond acceptors (Lipinski definition) is 5. The molecule has 1 aliphatic heterocycles. The lowest BCUT2D eigenvalue weighted by Gasteiger charge is -2.32. The fourth-order valence-corrected chi connectivity index (χ4v) is 3.05. The van der Waals surface area contributed by atoms with Crippen LogP contribution in [0.25, 0.3) is 0 Å². The first kappa shape index (κ1) is 13.9. The van der Waals surface area contributed by atoms with Crippen LogP contribution in [0.15, 0.2) is 0 Å². The molecule has 102 valence electrons. The fraction of sp³-hybridized carbons (Fsp3) is 0.769. The number of aryl methyl sites for hydroxylation is 2. The van der Waals surface area contributed by atoms with Crippen molar-refractivity contribution in [1.82, 2.24) is 15.2 Å². The Kier molecular flexibility index (Phi) is 5.12. The minimum absolute atomic E-state index is 0.320. The average Bonchev–Trinajstić information content (AvgIpc) is 2.69. The lowest BCUT2D eigenvalue weighted by atomic mass is 10.2. The van der Waals surface area contributed by atoms with Gasteiger partial charge >= 0.3 is 0 Å². The van der Waals surface area contributed by atoms with Gasteiger partial charge in [-0.15, -0.1) is 11.3 Å². The fourth-order valence-electron chi connectivity index (χ4n) is 2.15. The molecule has 0 spiro atoms. The monoisotopic (exact) mass is 269 g/mol. The number of nitrogens with zero attached hydrogens (tertiary/aromatic N) is 2. The van der Waals surface area contributed by atoms with Gasteiger partial charge in [-0.05, 0) is 20.4 Å². The topological polar surface area (TPSA) is 37.4 Å². The van der Waals surface area contributed by atoms with E-state index in [1.807, 2.05) is 0 Å². The molecular weight excluding hydrogens is 246 g/mol. The van der Waals surface area contributed by atoms with Crippen LogP contribution in [0.3, 0.4) is 0 Å². The summed E-state index contributed by atoms with van der Waals surface area (Å²) >= 11 is 1.78. The van der Waals surface area contributed by atoms with Crippen LogP contribution in [0.5, 0.6) is 0 Å². The van der Waals surface area contributed by atoms with E-state index < -0.39 is 0 Å². The van der Waals surface area contributed by atoms with E-state index in [4.69, 9.17) is 4.74 Å². The molecule has 1 aromatic rings. The minimum Gasteiger partial charge on any atom is -0.374 e. The molecule has 0 amide bonds. The quantitative estimate of drug-likeness (QED) is 0.880. The number of hydrogen-bond donors (Lipinski definition) is 1. The van der Waals surface area contributed by atoms with Gasteiger partial charge in [0.15, 0.2) is 0 Å². The third kappa shape index (κ3) is 3.75. The summed E-state index contributed by atoms with van der Waals surface area (Å²) in [6, 6.07) is 0. The molecule has 2 rings (SSSR count). The molecule has 1 unspecified atom stereocenters. The molecule has 1 fully saturated rings. The van der Waals surface area contributed by atoms with Gasteiger partial charge in [-0.2, -0.15) is 0 Å². The molecule has 0 saturated carbocycles. The van der Waals surface area contributed by atoms with Gasteiger partial charge in [-0.1, -0.05) is 6.92 Å². The van der Waals surface area contributed by atoms with Crippen molar-refractivity contribution in [2.24, 2.45) is 0 Å². The van der Waals surface area contributed by atoms with Crippen molar-refractivity contribution in [3.8, 4) is 0 Å². The summed E-state index contributed by atoms with van der Waals surface area (Å²) in [4.78, 5) is 8.28. The Balaban J connectivity index is 1.71. The summed E-state index contributed by atoms with van der Waals surface area (Å²) in [6.07, 6.45) is 0.320. The second-order valence-electron chi connectivity index (χ2n) is 4.77. The molecule has 0 aliphatic carbocycles. The third-order valence-corrected chi connectivity index (χ3v) is 4.46. The smallest absolute Gasteiger partial charge is 0.107 e. The number of ether oxygens (including phenoxy) is 1. The minimum atomic E-state index is 0.320. The van der Waals surface area contributed by atoms with E-state index in [1.165, 1.54) is 9.88 Å². The van der Waals surface area contributed by atoms with Crippen molar-refractivity contribution in [3.63, 3.8) is 0 Å². The highest BCUT2D eigenvalue weighted by Crippen LogP contribution is 2.16. The number of nitrogens with one attached hydrogen (secondary N) is 1. The van der Waals surface area contributed by atoms with Crippen LogP contribution in [-0.4, -0.2) is 48.8 Å². The predicted molar refractivity (Wildman–Crippen MR) is 75.1 cm³/mol. The molecule has 1 saturated heterocycles. The van der Waals surface area contributed by atoms with Crippen LogP contribution >= 0.6 is 11.3 Å². The Morgan fingerprint density at radius 1 is 1.50 bits per heavy atom. The molecule has 0 aromatic carbocycles. The van der Waals surface area contributed by atoms with Gasteiger partial charge in [-0.25, -0.2) is 4.98 Å². The molecule has 4 nitrogen and oxygen atoms in total. The largest absolute Gasteiger partial charge is 0.374 e. The molecule has 0 bridgehead atoms. The van der Waals surface area contributed by atoms with Crippen molar-refractivity contribution in [1.29, 1.82) is 0 Å². The van der Waals surface area contributed by atoms with Gasteiger partial charge in [-0.3, -0.25) is 4.90 Å². The van der Waals surface area contributed by atoms with E-state index in [0.29, 0.717) is 6.10 Å². The van der Waals surface area contributed by atoms with E-state index in [-0.39, 0.29) is 0 Å². The Labute approximate surface area is 113 Å². The second kappa shape index (κ2) is 6.61. The number of likely N-dealkylation sites (N-methyl/N-ethyl adjacent to an activating group) is 1. The maximum Gasteiger partial charge on any atom is 0.107 e. The van der Waals surface area contributed by atoms with E-state index >= 15 is 0 Å². The van der Waals surface area contributed by atoms with Gasteiger partial charge in [0.05, 0.1) is 18.4 Å². The summed E-state index contributed by atoms with van der Waals surface area (Å²) in [5.41, 5.74) is 1.16. The second-order valence-corrected chi connectivity index (χ2v) is 6.05. The third-order valence-electron chi connectivity index (χ3n) is 3.39. The SMILES string of the molecule is CCN1CCOC(CNCc2nc(C)c(C)s2)C1. The van der Waals surface area contributed by atoms with Crippen LogP contribution in [0, 0.1) is 13.8 Å². The van der Waals surface area contributed by atoms with Crippen molar-refractivity contribution in [3.05, 3.63) is 15.6 Å². The molecule has 5 heteroatoms. The van der Waals surface area contributed by atoms with E-state index in [9.17, 15) is 0 Å². The van der Waals surface area contributed by atoms with Crippen LogP contribution < -0.4 is 5.32 Å². The zero-order chi connectivity index (χ0) is 13.0. The zero-order valence-electron chi connectivity index (χ0n) is 11.5. The maximum atomic E-state index is 5.76. The zero-order valence-corrected chi connectivity index (χ0v) is 12.3. The first-order chi connectivity index (χ1) is 8.69. The van der Waals surface area contributed by atoms with E-state index in [1.54, 1.807) is 11.3 Å². The van der Waals surface area contributed by atoms with E-state index in [2.05, 4.69) is 36.0 Å². The molecule has 1 atom stereocenters. The molecular formula is C13H23N3OS. The van der Waals surface area contributed by atoms with Crippen molar-refractivity contribution in [2.45, 2.75) is 33.4 Å². The van der Waals surface area contributed by atoms with Crippen molar-refractivity contribution >= 4 is 11.3 Å². The van der Waals surface area contributed by atoms with Crippen molar-refractivity contribution in [2.75, 3.05) is 32.8 Å². The van der Waals surface area contributed by atoms with Gasteiger partial charge in [0, 0.05) is 31.1 Å². The van der Waals surface area contributed by atoms with Gasteiger partial charge in [0.25, 0.3) is 0 Å². The highest BCUT2D eigenvalue weighted by Gasteiger charge is 2.18. The first-order valence-electron chi connectivity index (χ1n) is 6.66. The Morgan fingerprint density at radius 2 is 2.33 bits per heavy atom. The summed E-state index contributed by atoms with van der Waals surface area (Å²) in [5.74, 6) is 0. The van der Waals surface area contributed by atoms with Gasteiger partial charge in [0.2, 0.25) is 0 Å². The van der Waals surface area contributed by atoms with Crippen LogP contribution in [0.2, 0.25) is 0 Å². The first-order valence-corrected chi connectivity index (χ1v) is 7.48. The lowest BCUT2D eigenvalue weighted by Crippen LogP contribution is -2.46. The van der Waals surface area contributed by atoms with Gasteiger partial charge in [0.1, 0.15) is 5.01 Å².